The van der Waals surface area contributed by atoms with E-state index in [-0.39, 0.29) is 11.7 Å². The van der Waals surface area contributed by atoms with E-state index in [0.717, 1.165) is 33.5 Å². The van der Waals surface area contributed by atoms with Gasteiger partial charge in [-0.25, -0.2) is 4.39 Å². The van der Waals surface area contributed by atoms with E-state index in [1.165, 1.54) is 12.1 Å². The molecule has 0 spiro atoms. The minimum atomic E-state index is -0.414. The number of fused-ring (bicyclic) bond motifs is 1. The molecule has 3 aromatic carbocycles. The quantitative estimate of drug-likeness (QED) is 0.427. The Balaban J connectivity index is 1.65. The highest BCUT2D eigenvalue weighted by atomic mass is 19.1. The topological polar surface area (TPSA) is 67.5 Å². The van der Waals surface area contributed by atoms with Crippen molar-refractivity contribution in [3.8, 4) is 22.8 Å². The molecule has 2 heterocycles. The molecule has 0 saturated heterocycles. The van der Waals surface area contributed by atoms with E-state index in [9.17, 15) is 9.18 Å². The Bertz CT molecular complexity index is 1350. The van der Waals surface area contributed by atoms with Crippen molar-refractivity contribution in [2.45, 2.75) is 19.5 Å². The van der Waals surface area contributed by atoms with Crippen molar-refractivity contribution in [3.05, 3.63) is 100 Å². The Labute approximate surface area is 196 Å². The number of benzene rings is 3. The lowest BCUT2D eigenvalue weighted by Gasteiger charge is -2.27. The zero-order chi connectivity index (χ0) is 23.8. The van der Waals surface area contributed by atoms with Gasteiger partial charge in [0.15, 0.2) is 11.5 Å². The van der Waals surface area contributed by atoms with Gasteiger partial charge in [-0.05, 0) is 42.3 Å². The van der Waals surface area contributed by atoms with Crippen LogP contribution in [0.1, 0.15) is 38.8 Å². The fourth-order valence-corrected chi connectivity index (χ4v) is 4.45. The number of aromatic amines is 1. The van der Waals surface area contributed by atoms with E-state index in [1.54, 1.807) is 31.3 Å². The number of carbonyl (C=O) groups excluding carboxylic acids is 1. The average Bonchev–Trinajstić information content (AvgIpc) is 3.39. The second-order valence-electron chi connectivity index (χ2n) is 8.30. The van der Waals surface area contributed by atoms with Gasteiger partial charge < -0.3 is 14.4 Å². The molecule has 4 aromatic rings. The van der Waals surface area contributed by atoms with Crippen molar-refractivity contribution >= 4 is 5.91 Å². The Kier molecular flexibility index (Phi) is 5.53. The smallest absolute Gasteiger partial charge is 0.273 e. The van der Waals surface area contributed by atoms with Crippen LogP contribution < -0.4 is 9.47 Å². The summed E-state index contributed by atoms with van der Waals surface area (Å²) >= 11 is 0. The molecule has 1 atom stereocenters. The maximum Gasteiger partial charge on any atom is 0.273 e. The summed E-state index contributed by atoms with van der Waals surface area (Å²) in [6, 6.07) is 19.5. The molecule has 0 bridgehead atoms. The molecular formula is C27H24FN3O3. The van der Waals surface area contributed by atoms with Gasteiger partial charge in [0.05, 0.1) is 26.0 Å². The Morgan fingerprint density at radius 1 is 0.971 bits per heavy atom. The zero-order valence-electron chi connectivity index (χ0n) is 19.1. The number of hydrogen-bond acceptors (Lipinski definition) is 4. The van der Waals surface area contributed by atoms with Gasteiger partial charge in [-0.1, -0.05) is 48.0 Å². The van der Waals surface area contributed by atoms with E-state index in [4.69, 9.17) is 9.47 Å². The molecule has 34 heavy (non-hydrogen) atoms. The Hall–Kier alpha value is -4.13. The van der Waals surface area contributed by atoms with Crippen LogP contribution in [0.15, 0.2) is 66.7 Å². The predicted octanol–water partition coefficient (Wildman–Crippen LogP) is 5.29. The third-order valence-electron chi connectivity index (χ3n) is 6.18. The number of rotatable bonds is 6. The number of methoxy groups -OCH3 is 2. The molecule has 6 nitrogen and oxygen atoms in total. The summed E-state index contributed by atoms with van der Waals surface area (Å²) in [5, 5.41) is 7.48. The number of aryl methyl sites for hydroxylation is 1. The van der Waals surface area contributed by atoms with Gasteiger partial charge in [-0.3, -0.25) is 9.89 Å². The van der Waals surface area contributed by atoms with Crippen LogP contribution in [0.4, 0.5) is 4.39 Å². The second kappa shape index (κ2) is 8.67. The summed E-state index contributed by atoms with van der Waals surface area (Å²) in [6.07, 6.45) is 0. The van der Waals surface area contributed by atoms with Crippen molar-refractivity contribution in [3.63, 3.8) is 0 Å². The lowest BCUT2D eigenvalue weighted by Crippen LogP contribution is -2.29. The molecule has 7 heteroatoms. The molecule has 0 saturated carbocycles. The van der Waals surface area contributed by atoms with Crippen molar-refractivity contribution < 1.29 is 18.7 Å². The molecule has 1 amide bonds. The summed E-state index contributed by atoms with van der Waals surface area (Å²) < 4.78 is 24.4. The first kappa shape index (κ1) is 21.7. The van der Waals surface area contributed by atoms with Crippen molar-refractivity contribution in [1.29, 1.82) is 0 Å². The van der Waals surface area contributed by atoms with E-state index in [1.807, 2.05) is 49.4 Å². The normalized spacial score (nSPS) is 14.9. The molecule has 0 fully saturated rings. The predicted molar refractivity (Wildman–Crippen MR) is 126 cm³/mol. The number of nitrogens with zero attached hydrogens (tertiary/aromatic N) is 2. The monoisotopic (exact) mass is 457 g/mol. The molecule has 1 unspecified atom stereocenters. The summed E-state index contributed by atoms with van der Waals surface area (Å²) in [5.74, 6) is 0.698. The van der Waals surface area contributed by atoms with Crippen LogP contribution in [-0.4, -0.2) is 35.2 Å². The minimum Gasteiger partial charge on any atom is -0.493 e. The maximum absolute atomic E-state index is 13.6. The number of aromatic nitrogens is 2. The van der Waals surface area contributed by atoms with E-state index < -0.39 is 6.04 Å². The molecule has 5 rings (SSSR count). The minimum absolute atomic E-state index is 0.162. The van der Waals surface area contributed by atoms with Crippen molar-refractivity contribution in [2.24, 2.45) is 0 Å². The van der Waals surface area contributed by atoms with Gasteiger partial charge in [0, 0.05) is 17.7 Å². The highest BCUT2D eigenvalue weighted by molar-refractivity contribution is 6.00. The fraction of sp³-hybridized carbons (Fsp3) is 0.185. The molecule has 1 aromatic heterocycles. The van der Waals surface area contributed by atoms with E-state index in [2.05, 4.69) is 10.2 Å². The van der Waals surface area contributed by atoms with Gasteiger partial charge in [0.1, 0.15) is 11.5 Å². The van der Waals surface area contributed by atoms with Gasteiger partial charge >= 0.3 is 0 Å². The van der Waals surface area contributed by atoms with Gasteiger partial charge in [0.2, 0.25) is 0 Å². The van der Waals surface area contributed by atoms with Crippen LogP contribution in [0.5, 0.6) is 11.5 Å². The summed E-state index contributed by atoms with van der Waals surface area (Å²) in [4.78, 5) is 15.3. The first-order chi connectivity index (χ1) is 16.5. The summed E-state index contributed by atoms with van der Waals surface area (Å²) in [6.45, 7) is 2.34. The summed E-state index contributed by atoms with van der Waals surface area (Å²) in [5.41, 5.74) is 5.74. The summed E-state index contributed by atoms with van der Waals surface area (Å²) in [7, 11) is 3.17. The highest BCUT2D eigenvalue weighted by Crippen LogP contribution is 2.45. The first-order valence-corrected chi connectivity index (χ1v) is 10.9. The molecule has 1 aliphatic rings. The Morgan fingerprint density at radius 2 is 1.68 bits per heavy atom. The average molecular weight is 458 g/mol. The van der Waals surface area contributed by atoms with Crippen LogP contribution in [0.2, 0.25) is 0 Å². The molecular weight excluding hydrogens is 433 g/mol. The highest BCUT2D eigenvalue weighted by Gasteiger charge is 2.42. The van der Waals surface area contributed by atoms with Gasteiger partial charge in [-0.15, -0.1) is 0 Å². The molecule has 1 aliphatic heterocycles. The van der Waals surface area contributed by atoms with Crippen LogP contribution in [0, 0.1) is 12.7 Å². The maximum atomic E-state index is 13.6. The number of nitrogens with one attached hydrogen (secondary N) is 1. The third kappa shape index (κ3) is 3.69. The van der Waals surface area contributed by atoms with Crippen LogP contribution in [0.3, 0.4) is 0 Å². The number of ether oxygens (including phenoxy) is 2. The van der Waals surface area contributed by atoms with Gasteiger partial charge in [-0.2, -0.15) is 5.10 Å². The molecule has 1 N–H and O–H groups in total. The van der Waals surface area contributed by atoms with E-state index in [0.29, 0.717) is 23.7 Å². The third-order valence-corrected chi connectivity index (χ3v) is 6.18. The SMILES string of the molecule is COc1ccc(C2c3c(-c4ccc(C)cc4)n[nH]c3C(=O)N2Cc2ccc(F)cc2)cc1OC. The van der Waals surface area contributed by atoms with Gasteiger partial charge in [0.25, 0.3) is 5.91 Å². The Morgan fingerprint density at radius 3 is 2.35 bits per heavy atom. The van der Waals surface area contributed by atoms with Crippen molar-refractivity contribution in [2.75, 3.05) is 14.2 Å². The number of amides is 1. The number of halogens is 1. The van der Waals surface area contributed by atoms with Crippen LogP contribution in [-0.2, 0) is 6.54 Å². The van der Waals surface area contributed by atoms with Crippen LogP contribution in [0.25, 0.3) is 11.3 Å². The van der Waals surface area contributed by atoms with Crippen molar-refractivity contribution in [1.82, 2.24) is 15.1 Å². The molecule has 0 radical (unpaired) electrons. The number of hydrogen-bond donors (Lipinski definition) is 1. The molecule has 0 aliphatic carbocycles. The number of carbonyl (C=O) groups is 1. The first-order valence-electron chi connectivity index (χ1n) is 10.9. The lowest BCUT2D eigenvalue weighted by atomic mass is 9.95. The zero-order valence-corrected chi connectivity index (χ0v) is 19.1. The number of H-pyrrole nitrogens is 1. The second-order valence-corrected chi connectivity index (χ2v) is 8.30. The van der Waals surface area contributed by atoms with Crippen LogP contribution >= 0.6 is 0 Å². The largest absolute Gasteiger partial charge is 0.493 e. The lowest BCUT2D eigenvalue weighted by molar-refractivity contribution is 0.0730. The standard InChI is InChI=1S/C27H24FN3O3/c1-16-4-8-18(9-5-16)24-23-25(30-29-24)27(32)31(15-17-6-11-20(28)12-7-17)26(23)19-10-13-21(33-2)22(14-19)34-3/h4-14,26H,15H2,1-3H3,(H,29,30). The fourth-order valence-electron chi connectivity index (χ4n) is 4.45. The van der Waals surface area contributed by atoms with E-state index >= 15 is 0 Å². The molecule has 172 valence electrons.